The van der Waals surface area contributed by atoms with Crippen molar-refractivity contribution in [3.63, 3.8) is 0 Å². The predicted octanol–water partition coefficient (Wildman–Crippen LogP) is 2.71. The van der Waals surface area contributed by atoms with Crippen LogP contribution in [0.4, 0.5) is 5.69 Å². The molecular weight excluding hydrogens is 308 g/mol. The van der Waals surface area contributed by atoms with E-state index in [9.17, 15) is 4.79 Å². The van der Waals surface area contributed by atoms with Gasteiger partial charge < -0.3 is 16.2 Å². The molecule has 0 aliphatic heterocycles. The Morgan fingerprint density at radius 2 is 1.95 bits per heavy atom. The van der Waals surface area contributed by atoms with Crippen molar-refractivity contribution < 1.29 is 9.53 Å². The number of anilines is 1. The van der Waals surface area contributed by atoms with Gasteiger partial charge in [0.1, 0.15) is 12.4 Å². The minimum absolute atomic E-state index is 0.325. The Morgan fingerprint density at radius 3 is 2.63 bits per heavy atom. The highest BCUT2D eigenvalue weighted by molar-refractivity contribution is 9.10. The van der Waals surface area contributed by atoms with Crippen LogP contribution in [0.5, 0.6) is 5.75 Å². The molecule has 0 spiro atoms. The third-order valence-electron chi connectivity index (χ3n) is 2.61. The van der Waals surface area contributed by atoms with E-state index in [-0.39, 0.29) is 0 Å². The van der Waals surface area contributed by atoms with Crippen molar-refractivity contribution in [2.24, 2.45) is 5.73 Å². The maximum absolute atomic E-state index is 11.3. The Kier molecular flexibility index (Phi) is 4.06. The third-order valence-corrected chi connectivity index (χ3v) is 3.35. The van der Waals surface area contributed by atoms with Gasteiger partial charge in [-0.3, -0.25) is 4.79 Å². The maximum atomic E-state index is 11.3. The minimum atomic E-state index is -0.507. The highest BCUT2D eigenvalue weighted by Gasteiger charge is 2.09. The van der Waals surface area contributed by atoms with E-state index in [2.05, 4.69) is 15.9 Å². The summed E-state index contributed by atoms with van der Waals surface area (Å²) >= 11 is 3.42. The van der Waals surface area contributed by atoms with E-state index in [1.165, 1.54) is 0 Å². The van der Waals surface area contributed by atoms with Crippen molar-refractivity contribution in [3.05, 3.63) is 58.1 Å². The zero-order valence-corrected chi connectivity index (χ0v) is 11.7. The number of carbonyl (C=O) groups excluding carboxylic acids is 1. The van der Waals surface area contributed by atoms with Crippen molar-refractivity contribution in [1.29, 1.82) is 0 Å². The fourth-order valence-corrected chi connectivity index (χ4v) is 2.14. The van der Waals surface area contributed by atoms with Gasteiger partial charge in [-0.2, -0.15) is 0 Å². The lowest BCUT2D eigenvalue weighted by Crippen LogP contribution is -2.13. The molecule has 2 aromatic rings. The number of hydrogen-bond donors (Lipinski definition) is 2. The van der Waals surface area contributed by atoms with Gasteiger partial charge in [-0.05, 0) is 24.3 Å². The Labute approximate surface area is 119 Å². The number of benzene rings is 2. The van der Waals surface area contributed by atoms with Gasteiger partial charge in [0.15, 0.2) is 0 Å². The monoisotopic (exact) mass is 320 g/mol. The zero-order chi connectivity index (χ0) is 13.8. The number of primary amides is 1. The molecule has 4 N–H and O–H groups in total. The third kappa shape index (κ3) is 3.26. The smallest absolute Gasteiger partial charge is 0.252 e. The average Bonchev–Trinajstić information content (AvgIpc) is 2.38. The Hall–Kier alpha value is -2.01. The van der Waals surface area contributed by atoms with Gasteiger partial charge in [0.05, 0.1) is 5.56 Å². The van der Waals surface area contributed by atoms with Gasteiger partial charge in [-0.1, -0.05) is 34.1 Å². The SMILES string of the molecule is NC(=O)c1ccccc1OCc1ccc(N)cc1Br. The van der Waals surface area contributed by atoms with Crippen LogP contribution in [0, 0.1) is 0 Å². The number of para-hydroxylation sites is 1. The average molecular weight is 321 g/mol. The first-order chi connectivity index (χ1) is 9.08. The van der Waals surface area contributed by atoms with Crippen LogP contribution in [0.3, 0.4) is 0 Å². The van der Waals surface area contributed by atoms with Crippen LogP contribution in [0.2, 0.25) is 0 Å². The molecule has 0 bridgehead atoms. The quantitative estimate of drug-likeness (QED) is 0.850. The van der Waals surface area contributed by atoms with E-state index in [1.807, 2.05) is 6.07 Å². The largest absolute Gasteiger partial charge is 0.488 e. The molecule has 0 fully saturated rings. The molecule has 5 heteroatoms. The molecule has 0 saturated heterocycles. The van der Waals surface area contributed by atoms with Gasteiger partial charge in [0, 0.05) is 15.7 Å². The van der Waals surface area contributed by atoms with Crippen molar-refractivity contribution in [1.82, 2.24) is 0 Å². The lowest BCUT2D eigenvalue weighted by Gasteiger charge is -2.10. The number of rotatable bonds is 4. The van der Waals surface area contributed by atoms with Crippen LogP contribution in [-0.2, 0) is 6.61 Å². The number of halogens is 1. The molecule has 2 rings (SSSR count). The summed E-state index contributed by atoms with van der Waals surface area (Å²) in [4.78, 5) is 11.3. The van der Waals surface area contributed by atoms with Crippen LogP contribution in [0.25, 0.3) is 0 Å². The van der Waals surface area contributed by atoms with Gasteiger partial charge in [-0.15, -0.1) is 0 Å². The van der Waals surface area contributed by atoms with Gasteiger partial charge in [0.2, 0.25) is 0 Å². The summed E-state index contributed by atoms with van der Waals surface area (Å²) in [6, 6.07) is 12.3. The van der Waals surface area contributed by atoms with Gasteiger partial charge in [-0.25, -0.2) is 0 Å². The normalized spacial score (nSPS) is 10.2. The Balaban J connectivity index is 2.17. The number of hydrogen-bond acceptors (Lipinski definition) is 3. The van der Waals surface area contributed by atoms with Gasteiger partial charge >= 0.3 is 0 Å². The molecule has 19 heavy (non-hydrogen) atoms. The van der Waals surface area contributed by atoms with E-state index in [1.54, 1.807) is 36.4 Å². The summed E-state index contributed by atoms with van der Waals surface area (Å²) in [6.07, 6.45) is 0. The number of amides is 1. The highest BCUT2D eigenvalue weighted by atomic mass is 79.9. The summed E-state index contributed by atoms with van der Waals surface area (Å²) in [7, 11) is 0. The molecule has 4 nitrogen and oxygen atoms in total. The van der Waals surface area contributed by atoms with Crippen molar-refractivity contribution in [3.8, 4) is 5.75 Å². The molecule has 0 aromatic heterocycles. The number of nitrogens with two attached hydrogens (primary N) is 2. The first kappa shape index (κ1) is 13.4. The van der Waals surface area contributed by atoms with E-state index in [4.69, 9.17) is 16.2 Å². The molecular formula is C14H13BrN2O2. The second-order valence-corrected chi connectivity index (χ2v) is 4.85. The molecule has 98 valence electrons. The van der Waals surface area contributed by atoms with Crippen LogP contribution in [0.1, 0.15) is 15.9 Å². The fraction of sp³-hybridized carbons (Fsp3) is 0.0714. The van der Waals surface area contributed by atoms with Gasteiger partial charge in [0.25, 0.3) is 5.91 Å². The fourth-order valence-electron chi connectivity index (χ4n) is 1.63. The van der Waals surface area contributed by atoms with E-state index in [0.717, 1.165) is 10.0 Å². The number of nitrogen functional groups attached to an aromatic ring is 1. The topological polar surface area (TPSA) is 78.3 Å². The predicted molar refractivity (Wildman–Crippen MR) is 77.8 cm³/mol. The molecule has 0 aliphatic rings. The molecule has 0 atom stereocenters. The second-order valence-electron chi connectivity index (χ2n) is 4.00. The highest BCUT2D eigenvalue weighted by Crippen LogP contribution is 2.23. The number of carbonyl (C=O) groups is 1. The molecule has 0 unspecified atom stereocenters. The van der Waals surface area contributed by atoms with E-state index < -0.39 is 5.91 Å². The van der Waals surface area contributed by atoms with Crippen molar-refractivity contribution in [2.75, 3.05) is 5.73 Å². The summed E-state index contributed by atoms with van der Waals surface area (Å²) < 4.78 is 6.50. The first-order valence-electron chi connectivity index (χ1n) is 5.63. The molecule has 2 aromatic carbocycles. The Bertz CT molecular complexity index is 614. The van der Waals surface area contributed by atoms with Crippen LogP contribution < -0.4 is 16.2 Å². The summed E-state index contributed by atoms with van der Waals surface area (Å²) in [5, 5.41) is 0. The van der Waals surface area contributed by atoms with Crippen molar-refractivity contribution >= 4 is 27.5 Å². The van der Waals surface area contributed by atoms with E-state index >= 15 is 0 Å². The zero-order valence-electron chi connectivity index (χ0n) is 10.1. The van der Waals surface area contributed by atoms with Crippen molar-refractivity contribution in [2.45, 2.75) is 6.61 Å². The summed E-state index contributed by atoms with van der Waals surface area (Å²) in [6.45, 7) is 0.325. The summed E-state index contributed by atoms with van der Waals surface area (Å²) in [5.74, 6) is -0.0364. The molecule has 0 heterocycles. The summed E-state index contributed by atoms with van der Waals surface area (Å²) in [5.41, 5.74) is 12.9. The minimum Gasteiger partial charge on any atom is -0.488 e. The number of ether oxygens (including phenoxy) is 1. The van der Waals surface area contributed by atoms with Crippen LogP contribution in [0.15, 0.2) is 46.9 Å². The maximum Gasteiger partial charge on any atom is 0.252 e. The lowest BCUT2D eigenvalue weighted by atomic mass is 10.2. The molecule has 1 amide bonds. The lowest BCUT2D eigenvalue weighted by molar-refractivity contribution is 0.0996. The second kappa shape index (κ2) is 5.75. The standard InChI is InChI=1S/C14H13BrN2O2/c15-12-7-10(16)6-5-9(12)8-19-13-4-2-1-3-11(13)14(17)18/h1-7H,8,16H2,(H2,17,18). The Morgan fingerprint density at radius 1 is 1.21 bits per heavy atom. The first-order valence-corrected chi connectivity index (χ1v) is 6.43. The molecule has 0 radical (unpaired) electrons. The van der Waals surface area contributed by atoms with E-state index in [0.29, 0.717) is 23.6 Å². The molecule has 0 aliphatic carbocycles. The molecule has 0 saturated carbocycles. The van der Waals surface area contributed by atoms with Crippen LogP contribution in [-0.4, -0.2) is 5.91 Å². The van der Waals surface area contributed by atoms with Crippen LogP contribution >= 0.6 is 15.9 Å².